The zero-order valence-corrected chi connectivity index (χ0v) is 10.8. The zero-order chi connectivity index (χ0) is 12.7. The zero-order valence-electron chi connectivity index (χ0n) is 9.20. The number of carboxylic acids is 1. The first kappa shape index (κ1) is 11.1. The van der Waals surface area contributed by atoms with Gasteiger partial charge in [-0.05, 0) is 30.3 Å². The summed E-state index contributed by atoms with van der Waals surface area (Å²) in [5.41, 5.74) is 2.95. The average molecular weight is 305 g/mol. The van der Waals surface area contributed by atoms with Crippen molar-refractivity contribution in [2.24, 2.45) is 0 Å². The summed E-state index contributed by atoms with van der Waals surface area (Å²) >= 11 is 3.43. The number of aromatic nitrogens is 2. The molecule has 0 atom stereocenters. The van der Waals surface area contributed by atoms with E-state index in [2.05, 4.69) is 25.9 Å². The monoisotopic (exact) mass is 304 g/mol. The van der Waals surface area contributed by atoms with Crippen LogP contribution < -0.4 is 0 Å². The summed E-state index contributed by atoms with van der Waals surface area (Å²) < 4.78 is 0.987. The molecule has 0 spiro atoms. The van der Waals surface area contributed by atoms with Crippen molar-refractivity contribution in [2.45, 2.75) is 0 Å². The van der Waals surface area contributed by atoms with Crippen molar-refractivity contribution in [3.05, 3.63) is 46.7 Å². The molecule has 3 aromatic rings. The quantitative estimate of drug-likeness (QED) is 0.677. The van der Waals surface area contributed by atoms with E-state index in [-0.39, 0.29) is 5.69 Å². The lowest BCUT2D eigenvalue weighted by atomic mass is 10.1. The van der Waals surface area contributed by atoms with Gasteiger partial charge in [0.25, 0.3) is 0 Å². The minimum Gasteiger partial charge on any atom is -0.477 e. The molecule has 3 rings (SSSR count). The van der Waals surface area contributed by atoms with Crippen LogP contribution in [0, 0.1) is 0 Å². The summed E-state index contributed by atoms with van der Waals surface area (Å²) in [4.78, 5) is 16.9. The predicted octanol–water partition coefficient (Wildman–Crippen LogP) is 3.62. The van der Waals surface area contributed by atoms with Crippen molar-refractivity contribution >= 4 is 32.8 Å². The Hall–Kier alpha value is -2.01. The number of carboxylic acid groups (broad SMARTS) is 1. The summed E-state index contributed by atoms with van der Waals surface area (Å²) in [6.45, 7) is 0. The Balaban J connectivity index is 2.18. The van der Waals surface area contributed by atoms with Gasteiger partial charge >= 0.3 is 5.97 Å². The molecule has 0 unspecified atom stereocenters. The summed E-state index contributed by atoms with van der Waals surface area (Å²) in [5.74, 6) is -0.956. The highest BCUT2D eigenvalue weighted by atomic mass is 79.9. The van der Waals surface area contributed by atoms with Gasteiger partial charge in [0.05, 0.1) is 0 Å². The second-order valence-electron chi connectivity index (χ2n) is 3.98. The Morgan fingerprint density at radius 3 is 2.78 bits per heavy atom. The van der Waals surface area contributed by atoms with E-state index in [0.29, 0.717) is 0 Å². The molecule has 0 aliphatic rings. The van der Waals surface area contributed by atoms with Gasteiger partial charge in [0.15, 0.2) is 0 Å². The van der Waals surface area contributed by atoms with Crippen LogP contribution in [0.2, 0.25) is 0 Å². The van der Waals surface area contributed by atoms with Crippen LogP contribution >= 0.6 is 15.9 Å². The highest BCUT2D eigenvalue weighted by Gasteiger charge is 2.11. The van der Waals surface area contributed by atoms with Gasteiger partial charge in [-0.25, -0.2) is 4.79 Å². The maximum Gasteiger partial charge on any atom is 0.352 e. The second kappa shape index (κ2) is 4.03. The van der Waals surface area contributed by atoms with Crippen LogP contribution in [0.4, 0.5) is 0 Å². The number of aromatic amines is 2. The molecule has 90 valence electrons. The fourth-order valence-corrected chi connectivity index (χ4v) is 2.35. The number of halogens is 1. The Morgan fingerprint density at radius 1 is 1.22 bits per heavy atom. The van der Waals surface area contributed by atoms with Crippen LogP contribution in [0.25, 0.3) is 22.2 Å². The normalized spacial score (nSPS) is 10.9. The first-order valence-corrected chi connectivity index (χ1v) is 6.14. The van der Waals surface area contributed by atoms with Gasteiger partial charge in [0.1, 0.15) is 5.69 Å². The molecule has 0 radical (unpaired) electrons. The number of rotatable bonds is 2. The Labute approximate surface area is 111 Å². The Bertz CT molecular complexity index is 742. The van der Waals surface area contributed by atoms with E-state index in [9.17, 15) is 4.79 Å². The van der Waals surface area contributed by atoms with E-state index in [1.807, 2.05) is 24.4 Å². The van der Waals surface area contributed by atoms with E-state index < -0.39 is 5.97 Å². The molecule has 2 heterocycles. The first-order valence-electron chi connectivity index (χ1n) is 5.34. The molecule has 1 aromatic carbocycles. The van der Waals surface area contributed by atoms with Crippen molar-refractivity contribution in [3.63, 3.8) is 0 Å². The molecule has 18 heavy (non-hydrogen) atoms. The molecule has 3 N–H and O–H groups in total. The molecule has 0 saturated heterocycles. The molecule has 0 aliphatic carbocycles. The SMILES string of the molecule is O=C(O)c1ccc(-c2c[nH]c3ccc(Br)cc23)[nH]1. The fraction of sp³-hybridized carbons (Fsp3) is 0. The number of nitrogens with one attached hydrogen (secondary N) is 2. The first-order chi connectivity index (χ1) is 8.65. The summed E-state index contributed by atoms with van der Waals surface area (Å²) in [5, 5.41) is 9.95. The number of H-pyrrole nitrogens is 2. The lowest BCUT2D eigenvalue weighted by Gasteiger charge is -1.97. The number of hydrogen-bond donors (Lipinski definition) is 3. The number of fused-ring (bicyclic) bond motifs is 1. The van der Waals surface area contributed by atoms with Gasteiger partial charge in [0, 0.05) is 32.8 Å². The number of aromatic carboxylic acids is 1. The van der Waals surface area contributed by atoms with E-state index in [1.54, 1.807) is 12.1 Å². The van der Waals surface area contributed by atoms with Gasteiger partial charge < -0.3 is 15.1 Å². The maximum atomic E-state index is 10.9. The third-order valence-corrected chi connectivity index (χ3v) is 3.34. The van der Waals surface area contributed by atoms with Crippen LogP contribution in [-0.2, 0) is 0 Å². The van der Waals surface area contributed by atoms with Gasteiger partial charge in [0.2, 0.25) is 0 Å². The fourth-order valence-electron chi connectivity index (χ4n) is 1.99. The molecular weight excluding hydrogens is 296 g/mol. The molecule has 5 heteroatoms. The largest absolute Gasteiger partial charge is 0.477 e. The van der Waals surface area contributed by atoms with Crippen LogP contribution in [-0.4, -0.2) is 21.0 Å². The van der Waals surface area contributed by atoms with Crippen molar-refractivity contribution in [3.8, 4) is 11.3 Å². The second-order valence-corrected chi connectivity index (χ2v) is 4.90. The molecule has 4 nitrogen and oxygen atoms in total. The van der Waals surface area contributed by atoms with Crippen LogP contribution in [0.1, 0.15) is 10.5 Å². The lowest BCUT2D eigenvalue weighted by molar-refractivity contribution is 0.0691. The minimum absolute atomic E-state index is 0.189. The number of benzene rings is 1. The summed E-state index contributed by atoms with van der Waals surface area (Å²) in [7, 11) is 0. The molecule has 0 bridgehead atoms. The number of hydrogen-bond acceptors (Lipinski definition) is 1. The summed E-state index contributed by atoms with van der Waals surface area (Å²) in [6, 6.07) is 9.27. The average Bonchev–Trinajstić information content (AvgIpc) is 2.93. The maximum absolute atomic E-state index is 10.9. The van der Waals surface area contributed by atoms with E-state index in [1.165, 1.54) is 0 Å². The minimum atomic E-state index is -0.956. The smallest absolute Gasteiger partial charge is 0.352 e. The van der Waals surface area contributed by atoms with Gasteiger partial charge in [-0.2, -0.15) is 0 Å². The lowest BCUT2D eigenvalue weighted by Crippen LogP contribution is -1.95. The Morgan fingerprint density at radius 2 is 2.06 bits per heavy atom. The summed E-state index contributed by atoms with van der Waals surface area (Å²) in [6.07, 6.45) is 1.87. The standard InChI is InChI=1S/C13H9BrN2O2/c14-7-1-2-10-8(5-7)9(6-15-10)11-3-4-12(16-11)13(17)18/h1-6,15-16H,(H,17,18). The molecule has 0 fully saturated rings. The van der Waals surface area contributed by atoms with Gasteiger partial charge in [-0.3, -0.25) is 0 Å². The van der Waals surface area contributed by atoms with E-state index in [0.717, 1.165) is 26.6 Å². The highest BCUT2D eigenvalue weighted by molar-refractivity contribution is 9.10. The Kier molecular flexibility index (Phi) is 2.48. The molecule has 2 aromatic heterocycles. The van der Waals surface area contributed by atoms with Gasteiger partial charge in [-0.15, -0.1) is 0 Å². The highest BCUT2D eigenvalue weighted by Crippen LogP contribution is 2.30. The van der Waals surface area contributed by atoms with E-state index in [4.69, 9.17) is 5.11 Å². The van der Waals surface area contributed by atoms with Crippen molar-refractivity contribution in [1.82, 2.24) is 9.97 Å². The third kappa shape index (κ3) is 1.73. The van der Waals surface area contributed by atoms with Crippen LogP contribution in [0.5, 0.6) is 0 Å². The molecule has 0 aliphatic heterocycles. The van der Waals surface area contributed by atoms with Crippen LogP contribution in [0.15, 0.2) is 41.0 Å². The predicted molar refractivity (Wildman–Crippen MR) is 72.7 cm³/mol. The van der Waals surface area contributed by atoms with Crippen molar-refractivity contribution < 1.29 is 9.90 Å². The molecule has 0 saturated carbocycles. The molecule has 0 amide bonds. The van der Waals surface area contributed by atoms with Gasteiger partial charge in [-0.1, -0.05) is 15.9 Å². The number of carbonyl (C=O) groups is 1. The topological polar surface area (TPSA) is 68.9 Å². The van der Waals surface area contributed by atoms with Crippen LogP contribution in [0.3, 0.4) is 0 Å². The van der Waals surface area contributed by atoms with E-state index >= 15 is 0 Å². The molecular formula is C13H9BrN2O2. The van der Waals surface area contributed by atoms with Crippen molar-refractivity contribution in [2.75, 3.05) is 0 Å². The van der Waals surface area contributed by atoms with Crippen molar-refractivity contribution in [1.29, 1.82) is 0 Å². The third-order valence-electron chi connectivity index (χ3n) is 2.85.